The summed E-state index contributed by atoms with van der Waals surface area (Å²) in [5.74, 6) is -1.63. The average Bonchev–Trinajstić information content (AvgIpc) is 2.98. The highest BCUT2D eigenvalue weighted by Gasteiger charge is 2.26. The lowest BCUT2D eigenvalue weighted by molar-refractivity contribution is 0.0386. The maximum atomic E-state index is 15.3. The molecule has 1 amide bonds. The smallest absolute Gasteiger partial charge is 0.251 e. The van der Waals surface area contributed by atoms with Gasteiger partial charge in [-0.2, -0.15) is 9.37 Å². The van der Waals surface area contributed by atoms with E-state index in [4.69, 9.17) is 15.2 Å². The Kier molecular flexibility index (Phi) is 7.96. The average molecular weight is 564 g/mol. The molecule has 1 aromatic heterocycles. The maximum absolute atomic E-state index is 15.3. The summed E-state index contributed by atoms with van der Waals surface area (Å²) in [4.78, 5) is 23.1. The Labute approximate surface area is 238 Å². The number of amides is 1. The number of rotatable bonds is 6. The minimum Gasteiger partial charge on any atom is -0.382 e. The zero-order valence-electron chi connectivity index (χ0n) is 23.2. The maximum Gasteiger partial charge on any atom is 0.251 e. The number of hydrogen-bond donors (Lipinski definition) is 2. The Morgan fingerprint density at radius 1 is 1.05 bits per heavy atom. The molecule has 3 aliphatic heterocycles. The monoisotopic (exact) mass is 563 g/mol. The van der Waals surface area contributed by atoms with Crippen molar-refractivity contribution in [3.8, 4) is 22.5 Å². The summed E-state index contributed by atoms with van der Waals surface area (Å²) < 4.78 is 41.8. The normalized spacial score (nSPS) is 18.8. The SMILES string of the molecule is COC1CCN(Cc2cc(-c3nc(-c4cc5c(cc4F)C(=O)NCC5)c(N)nc3F)ccc2C2CCOCC2)CC1. The summed E-state index contributed by atoms with van der Waals surface area (Å²) in [7, 11) is 1.76. The molecule has 8 nitrogen and oxygen atoms in total. The van der Waals surface area contributed by atoms with Gasteiger partial charge in [0, 0.05) is 63.2 Å². The van der Waals surface area contributed by atoms with Gasteiger partial charge in [-0.15, -0.1) is 0 Å². The van der Waals surface area contributed by atoms with Crippen LogP contribution in [-0.2, 0) is 22.4 Å². The van der Waals surface area contributed by atoms with Crippen molar-refractivity contribution in [3.05, 3.63) is 64.4 Å². The second kappa shape index (κ2) is 11.8. The van der Waals surface area contributed by atoms with Crippen molar-refractivity contribution in [2.45, 2.75) is 50.7 Å². The number of methoxy groups -OCH3 is 1. The number of nitrogens with zero attached hydrogens (tertiary/aromatic N) is 3. The van der Waals surface area contributed by atoms with Gasteiger partial charge in [-0.05, 0) is 72.9 Å². The van der Waals surface area contributed by atoms with Gasteiger partial charge in [-0.3, -0.25) is 9.69 Å². The fourth-order valence-corrected chi connectivity index (χ4v) is 6.27. The van der Waals surface area contributed by atoms with E-state index in [0.717, 1.165) is 64.1 Å². The predicted molar refractivity (Wildman–Crippen MR) is 151 cm³/mol. The van der Waals surface area contributed by atoms with E-state index < -0.39 is 11.8 Å². The zero-order valence-corrected chi connectivity index (χ0v) is 23.2. The van der Waals surface area contributed by atoms with Crippen LogP contribution in [-0.4, -0.2) is 66.8 Å². The van der Waals surface area contributed by atoms with Crippen LogP contribution < -0.4 is 11.1 Å². The summed E-state index contributed by atoms with van der Waals surface area (Å²) in [6, 6.07) is 8.70. The lowest BCUT2D eigenvalue weighted by Gasteiger charge is -2.33. The molecular weight excluding hydrogens is 528 g/mol. The van der Waals surface area contributed by atoms with Crippen LogP contribution in [0.25, 0.3) is 22.5 Å². The van der Waals surface area contributed by atoms with Crippen LogP contribution in [0, 0.1) is 11.8 Å². The highest BCUT2D eigenvalue weighted by molar-refractivity contribution is 5.97. The topological polar surface area (TPSA) is 103 Å². The van der Waals surface area contributed by atoms with Crippen molar-refractivity contribution >= 4 is 11.7 Å². The third kappa shape index (κ3) is 5.68. The van der Waals surface area contributed by atoms with E-state index in [2.05, 4.69) is 26.3 Å². The lowest BCUT2D eigenvalue weighted by atomic mass is 9.86. The molecule has 2 saturated heterocycles. The molecule has 216 valence electrons. The molecule has 0 bridgehead atoms. The number of nitrogens with one attached hydrogen (secondary N) is 1. The Hall–Kier alpha value is -3.47. The van der Waals surface area contributed by atoms with E-state index in [1.165, 1.54) is 11.6 Å². The van der Waals surface area contributed by atoms with E-state index in [1.807, 2.05) is 12.1 Å². The van der Waals surface area contributed by atoms with Crippen molar-refractivity contribution in [1.29, 1.82) is 0 Å². The second-order valence-electron chi connectivity index (χ2n) is 11.1. The van der Waals surface area contributed by atoms with Gasteiger partial charge in [-0.25, -0.2) is 9.37 Å². The Bertz CT molecular complexity index is 1450. The fourth-order valence-electron chi connectivity index (χ4n) is 6.27. The van der Waals surface area contributed by atoms with E-state index in [1.54, 1.807) is 13.2 Å². The van der Waals surface area contributed by atoms with Crippen molar-refractivity contribution in [2.24, 2.45) is 0 Å². The molecule has 0 atom stereocenters. The number of halogens is 2. The number of carbonyl (C=O) groups excluding carboxylic acids is 1. The van der Waals surface area contributed by atoms with Crippen molar-refractivity contribution in [1.82, 2.24) is 20.2 Å². The van der Waals surface area contributed by atoms with E-state index in [0.29, 0.717) is 30.0 Å². The molecule has 2 aromatic carbocycles. The Balaban J connectivity index is 1.38. The number of nitrogen functional groups attached to an aromatic ring is 1. The molecule has 3 aromatic rings. The minimum atomic E-state index is -0.810. The number of likely N-dealkylation sites (tertiary alicyclic amines) is 1. The van der Waals surface area contributed by atoms with E-state index in [9.17, 15) is 4.79 Å². The summed E-state index contributed by atoms with van der Waals surface area (Å²) in [5, 5.41) is 2.72. The lowest BCUT2D eigenvalue weighted by Crippen LogP contribution is -2.36. The molecule has 4 heterocycles. The molecule has 2 fully saturated rings. The number of hydrogen-bond acceptors (Lipinski definition) is 7. The fraction of sp³-hybridized carbons (Fsp3) is 0.452. The second-order valence-corrected chi connectivity index (χ2v) is 11.1. The third-order valence-corrected chi connectivity index (χ3v) is 8.59. The highest BCUT2D eigenvalue weighted by atomic mass is 19.1. The molecule has 0 saturated carbocycles. The first kappa shape index (κ1) is 27.7. The molecule has 3 N–H and O–H groups in total. The molecule has 10 heteroatoms. The van der Waals surface area contributed by atoms with Gasteiger partial charge in [0.05, 0.1) is 6.10 Å². The van der Waals surface area contributed by atoms with Gasteiger partial charge in [0.15, 0.2) is 5.82 Å². The number of nitrogens with two attached hydrogens (primary N) is 1. The van der Waals surface area contributed by atoms with Crippen molar-refractivity contribution < 1.29 is 23.0 Å². The van der Waals surface area contributed by atoms with Crippen LogP contribution >= 0.6 is 0 Å². The Morgan fingerprint density at radius 3 is 2.59 bits per heavy atom. The molecule has 0 aliphatic carbocycles. The van der Waals surface area contributed by atoms with Gasteiger partial charge in [0.2, 0.25) is 5.95 Å². The van der Waals surface area contributed by atoms with Crippen LogP contribution in [0.5, 0.6) is 0 Å². The van der Waals surface area contributed by atoms with Gasteiger partial charge < -0.3 is 20.5 Å². The van der Waals surface area contributed by atoms with Gasteiger partial charge >= 0.3 is 0 Å². The van der Waals surface area contributed by atoms with Crippen LogP contribution in [0.15, 0.2) is 30.3 Å². The molecule has 41 heavy (non-hydrogen) atoms. The summed E-state index contributed by atoms with van der Waals surface area (Å²) in [6.07, 6.45) is 4.65. The number of piperidine rings is 1. The molecule has 3 aliphatic rings. The van der Waals surface area contributed by atoms with Crippen LogP contribution in [0.4, 0.5) is 14.6 Å². The van der Waals surface area contributed by atoms with Gasteiger partial charge in [0.25, 0.3) is 5.91 Å². The molecular formula is C31H35F2N5O3. The van der Waals surface area contributed by atoms with E-state index >= 15 is 8.78 Å². The van der Waals surface area contributed by atoms with E-state index in [-0.39, 0.29) is 40.3 Å². The number of ether oxygens (including phenoxy) is 2. The highest BCUT2D eigenvalue weighted by Crippen LogP contribution is 2.36. The predicted octanol–water partition coefficient (Wildman–Crippen LogP) is 4.46. The van der Waals surface area contributed by atoms with Gasteiger partial charge in [-0.1, -0.05) is 12.1 Å². The standard InChI is InChI=1S/C31H35F2N5O3/c1-40-22-5-10-38(11-6-22)17-21-14-20(2-3-23(21)18-7-12-41-13-8-18)27-29(33)37-30(34)28(36-27)25-15-19-4-9-35-31(39)24(19)16-26(25)32/h2-3,14-16,18,22H,4-13,17H2,1H3,(H2,34,37)(H,35,39). The molecule has 0 radical (unpaired) electrons. The van der Waals surface area contributed by atoms with Gasteiger partial charge in [0.1, 0.15) is 17.2 Å². The van der Waals surface area contributed by atoms with Crippen molar-refractivity contribution in [3.63, 3.8) is 0 Å². The minimum absolute atomic E-state index is 0.0157. The summed E-state index contributed by atoms with van der Waals surface area (Å²) in [6.45, 7) is 4.48. The van der Waals surface area contributed by atoms with Crippen LogP contribution in [0.3, 0.4) is 0 Å². The number of fused-ring (bicyclic) bond motifs is 1. The first-order valence-corrected chi connectivity index (χ1v) is 14.3. The number of benzene rings is 2. The number of aromatic nitrogens is 2. The molecule has 0 unspecified atom stereocenters. The largest absolute Gasteiger partial charge is 0.382 e. The molecule has 0 spiro atoms. The Morgan fingerprint density at radius 2 is 1.83 bits per heavy atom. The summed E-state index contributed by atoms with van der Waals surface area (Å²) in [5.41, 5.74) is 10.2. The summed E-state index contributed by atoms with van der Waals surface area (Å²) >= 11 is 0. The first-order chi connectivity index (χ1) is 19.9. The van der Waals surface area contributed by atoms with Crippen LogP contribution in [0.1, 0.15) is 58.6 Å². The van der Waals surface area contributed by atoms with Crippen LogP contribution in [0.2, 0.25) is 0 Å². The molecule has 6 rings (SSSR count). The number of carbonyl (C=O) groups is 1. The third-order valence-electron chi connectivity index (χ3n) is 8.59. The first-order valence-electron chi connectivity index (χ1n) is 14.3. The number of anilines is 1. The zero-order chi connectivity index (χ0) is 28.5. The quantitative estimate of drug-likeness (QED) is 0.457. The van der Waals surface area contributed by atoms with Crippen molar-refractivity contribution in [2.75, 3.05) is 45.7 Å².